The zero-order valence-corrected chi connectivity index (χ0v) is 7.46. The van der Waals surface area contributed by atoms with Crippen LogP contribution in [0, 0.1) is 5.92 Å². The monoisotopic (exact) mass is 171 g/mol. The molecule has 1 aliphatic heterocycles. The molecule has 0 aromatic carbocycles. The molecule has 4 nitrogen and oxygen atoms in total. The summed E-state index contributed by atoms with van der Waals surface area (Å²) in [6.07, 6.45) is -0.102. The molecule has 0 aromatic heterocycles. The lowest BCUT2D eigenvalue weighted by atomic mass is 10.0. The van der Waals surface area contributed by atoms with Gasteiger partial charge in [0, 0.05) is 12.8 Å². The van der Waals surface area contributed by atoms with E-state index in [1.165, 1.54) is 6.92 Å². The van der Waals surface area contributed by atoms with Crippen LogP contribution in [0.1, 0.15) is 20.8 Å². The summed E-state index contributed by atoms with van der Waals surface area (Å²) in [6, 6.07) is -0.461. The van der Waals surface area contributed by atoms with E-state index in [1.807, 2.05) is 13.8 Å². The van der Waals surface area contributed by atoms with Crippen molar-refractivity contribution in [1.29, 1.82) is 0 Å². The van der Waals surface area contributed by atoms with Crippen molar-refractivity contribution < 1.29 is 14.3 Å². The Morgan fingerprint density at radius 3 is 2.42 bits per heavy atom. The fourth-order valence-electron chi connectivity index (χ4n) is 1.26. The second kappa shape index (κ2) is 3.13. The number of carbonyl (C=O) groups is 2. The molecule has 0 radical (unpaired) electrons. The minimum atomic E-state index is -0.461. The molecule has 0 saturated carbocycles. The van der Waals surface area contributed by atoms with Gasteiger partial charge in [0.15, 0.2) is 0 Å². The van der Waals surface area contributed by atoms with Gasteiger partial charge in [0.25, 0.3) is 0 Å². The number of amides is 1. The Hall–Kier alpha value is -1.06. The van der Waals surface area contributed by atoms with Gasteiger partial charge in [-0.3, -0.25) is 4.79 Å². The number of esters is 1. The topological polar surface area (TPSA) is 55.4 Å². The van der Waals surface area contributed by atoms with Crippen molar-refractivity contribution >= 4 is 11.9 Å². The van der Waals surface area contributed by atoms with Gasteiger partial charge in [0.05, 0.1) is 0 Å². The summed E-state index contributed by atoms with van der Waals surface area (Å²) < 4.78 is 4.93. The molecule has 0 aromatic rings. The van der Waals surface area contributed by atoms with Gasteiger partial charge in [-0.25, -0.2) is 4.79 Å². The fraction of sp³-hybridized carbons (Fsp3) is 0.750. The molecule has 0 spiro atoms. The quantitative estimate of drug-likeness (QED) is 0.568. The van der Waals surface area contributed by atoms with Crippen LogP contribution in [-0.2, 0) is 14.3 Å². The molecule has 0 unspecified atom stereocenters. The average Bonchev–Trinajstić information content (AvgIpc) is 2.16. The Labute approximate surface area is 71.3 Å². The molecule has 1 aliphatic rings. The summed E-state index contributed by atoms with van der Waals surface area (Å²) in [5.41, 5.74) is 0. The molecular weight excluding hydrogens is 158 g/mol. The highest BCUT2D eigenvalue weighted by atomic mass is 16.6. The van der Waals surface area contributed by atoms with E-state index in [1.54, 1.807) is 0 Å². The lowest BCUT2D eigenvalue weighted by Gasteiger charge is -2.12. The van der Waals surface area contributed by atoms with Crippen LogP contribution in [-0.4, -0.2) is 24.0 Å². The van der Waals surface area contributed by atoms with Gasteiger partial charge < -0.3 is 10.1 Å². The lowest BCUT2D eigenvalue weighted by molar-refractivity contribution is -0.143. The van der Waals surface area contributed by atoms with Crippen LogP contribution in [0.4, 0.5) is 0 Å². The molecule has 1 amide bonds. The van der Waals surface area contributed by atoms with Crippen LogP contribution >= 0.6 is 0 Å². The van der Waals surface area contributed by atoms with Crippen molar-refractivity contribution in [2.45, 2.75) is 32.9 Å². The Morgan fingerprint density at radius 1 is 1.50 bits per heavy atom. The molecule has 1 rings (SSSR count). The first-order chi connectivity index (χ1) is 5.52. The molecule has 3 atom stereocenters. The molecule has 0 aliphatic carbocycles. The van der Waals surface area contributed by atoms with Crippen LogP contribution in [0.15, 0.2) is 0 Å². The first-order valence-corrected chi connectivity index (χ1v) is 4.00. The summed E-state index contributed by atoms with van der Waals surface area (Å²) in [5.74, 6) is -0.468. The lowest BCUT2D eigenvalue weighted by Crippen LogP contribution is -2.40. The van der Waals surface area contributed by atoms with E-state index in [-0.39, 0.29) is 23.9 Å². The third-order valence-corrected chi connectivity index (χ3v) is 2.18. The van der Waals surface area contributed by atoms with Crippen LogP contribution in [0.2, 0.25) is 0 Å². The van der Waals surface area contributed by atoms with Gasteiger partial charge in [0.1, 0.15) is 12.1 Å². The smallest absolute Gasteiger partial charge is 0.329 e. The molecular formula is C8H13NO3. The molecule has 1 N–H and O–H groups in total. The Morgan fingerprint density at radius 2 is 2.08 bits per heavy atom. The van der Waals surface area contributed by atoms with Crippen molar-refractivity contribution in [2.24, 2.45) is 5.92 Å². The van der Waals surface area contributed by atoms with Crippen LogP contribution in [0.3, 0.4) is 0 Å². The van der Waals surface area contributed by atoms with Crippen molar-refractivity contribution in [1.82, 2.24) is 5.32 Å². The van der Waals surface area contributed by atoms with E-state index >= 15 is 0 Å². The highest BCUT2D eigenvalue weighted by Crippen LogP contribution is 2.21. The van der Waals surface area contributed by atoms with E-state index in [9.17, 15) is 9.59 Å². The number of hydrogen-bond donors (Lipinski definition) is 1. The molecule has 1 fully saturated rings. The van der Waals surface area contributed by atoms with Gasteiger partial charge >= 0.3 is 5.97 Å². The number of rotatable bonds is 1. The molecule has 4 heteroatoms. The minimum absolute atomic E-state index is 0.0569. The summed E-state index contributed by atoms with van der Waals surface area (Å²) in [5, 5.41) is 2.56. The van der Waals surface area contributed by atoms with Crippen LogP contribution < -0.4 is 5.32 Å². The van der Waals surface area contributed by atoms with Crippen LogP contribution in [0.5, 0.6) is 0 Å². The molecule has 1 heterocycles. The summed E-state index contributed by atoms with van der Waals surface area (Å²) >= 11 is 0. The number of hydrogen-bond acceptors (Lipinski definition) is 3. The molecule has 1 saturated heterocycles. The van der Waals surface area contributed by atoms with Gasteiger partial charge in [-0.1, -0.05) is 6.92 Å². The van der Waals surface area contributed by atoms with E-state index in [2.05, 4.69) is 5.32 Å². The first kappa shape index (κ1) is 9.03. The molecule has 12 heavy (non-hydrogen) atoms. The molecule has 68 valence electrons. The third-order valence-electron chi connectivity index (χ3n) is 2.18. The standard InChI is InChI=1S/C8H13NO3/c1-4-5(2)12-8(11)7(4)9-6(3)10/h4-5,7H,1-3H3,(H,9,10)/t4-,5-,7+/m0/s1. The van der Waals surface area contributed by atoms with Gasteiger partial charge in [-0.15, -0.1) is 0 Å². The van der Waals surface area contributed by atoms with Crippen molar-refractivity contribution in [3.8, 4) is 0 Å². The summed E-state index contributed by atoms with van der Waals surface area (Å²) in [6.45, 7) is 5.10. The maximum Gasteiger partial charge on any atom is 0.329 e. The number of ether oxygens (including phenoxy) is 1. The minimum Gasteiger partial charge on any atom is -0.461 e. The number of carbonyl (C=O) groups excluding carboxylic acids is 2. The maximum atomic E-state index is 11.1. The van der Waals surface area contributed by atoms with Gasteiger partial charge in [-0.2, -0.15) is 0 Å². The normalized spacial score (nSPS) is 34.6. The van der Waals surface area contributed by atoms with Gasteiger partial charge in [0.2, 0.25) is 5.91 Å². The predicted molar refractivity (Wildman–Crippen MR) is 42.3 cm³/mol. The molecule has 0 bridgehead atoms. The zero-order valence-electron chi connectivity index (χ0n) is 7.46. The van der Waals surface area contributed by atoms with E-state index in [0.717, 1.165) is 0 Å². The second-order valence-electron chi connectivity index (χ2n) is 3.18. The zero-order chi connectivity index (χ0) is 9.30. The Balaban J connectivity index is 2.63. The van der Waals surface area contributed by atoms with Crippen molar-refractivity contribution in [3.63, 3.8) is 0 Å². The SMILES string of the molecule is CC(=O)N[C@H]1C(=O)O[C@@H](C)[C@@H]1C. The summed E-state index contributed by atoms with van der Waals surface area (Å²) in [7, 11) is 0. The predicted octanol–water partition coefficient (Wildman–Crippen LogP) is 0.0725. The fourth-order valence-corrected chi connectivity index (χ4v) is 1.26. The second-order valence-corrected chi connectivity index (χ2v) is 3.18. The first-order valence-electron chi connectivity index (χ1n) is 4.00. The van der Waals surface area contributed by atoms with E-state index in [0.29, 0.717) is 0 Å². The van der Waals surface area contributed by atoms with E-state index in [4.69, 9.17) is 4.74 Å². The number of nitrogens with one attached hydrogen (secondary N) is 1. The Bertz CT molecular complexity index is 214. The highest BCUT2D eigenvalue weighted by molar-refractivity contribution is 5.84. The largest absolute Gasteiger partial charge is 0.461 e. The number of cyclic esters (lactones) is 1. The Kier molecular flexibility index (Phi) is 2.35. The summed E-state index contributed by atoms with van der Waals surface area (Å²) in [4.78, 5) is 21.8. The van der Waals surface area contributed by atoms with Crippen molar-refractivity contribution in [3.05, 3.63) is 0 Å². The van der Waals surface area contributed by atoms with Crippen molar-refractivity contribution in [2.75, 3.05) is 0 Å². The third kappa shape index (κ3) is 1.57. The van der Waals surface area contributed by atoms with Gasteiger partial charge in [-0.05, 0) is 6.92 Å². The van der Waals surface area contributed by atoms with E-state index < -0.39 is 6.04 Å². The average molecular weight is 171 g/mol. The highest BCUT2D eigenvalue weighted by Gasteiger charge is 2.39. The van der Waals surface area contributed by atoms with Crippen LogP contribution in [0.25, 0.3) is 0 Å². The maximum absolute atomic E-state index is 11.1.